The highest BCUT2D eigenvalue weighted by molar-refractivity contribution is 5.78. The Bertz CT molecular complexity index is 786. The molecule has 1 aromatic heterocycles. The number of nitrogens with zero attached hydrogens (tertiary/aromatic N) is 3. The number of aliphatic hydroxyl groups excluding tert-OH is 1. The van der Waals surface area contributed by atoms with Crippen LogP contribution in [0, 0.1) is 5.92 Å². The van der Waals surface area contributed by atoms with Crippen molar-refractivity contribution in [2.75, 3.05) is 13.2 Å². The number of para-hydroxylation sites is 1. The molecule has 1 N–H and O–H groups in total. The Hall–Kier alpha value is -2.21. The van der Waals surface area contributed by atoms with E-state index in [1.807, 2.05) is 12.1 Å². The fraction of sp³-hybridized carbons (Fsp3) is 0.500. The monoisotopic (exact) mass is 329 g/mol. The number of aryl methyl sites for hydroxylation is 1. The van der Waals surface area contributed by atoms with Crippen molar-refractivity contribution in [3.8, 4) is 0 Å². The number of aromatic nitrogens is 2. The summed E-state index contributed by atoms with van der Waals surface area (Å²) in [6, 6.07) is 7.08. The molecule has 2 atom stereocenters. The van der Waals surface area contributed by atoms with Gasteiger partial charge in [0, 0.05) is 19.5 Å². The summed E-state index contributed by atoms with van der Waals surface area (Å²) >= 11 is 0. The molecule has 1 saturated heterocycles. The van der Waals surface area contributed by atoms with Gasteiger partial charge in [0.05, 0.1) is 29.9 Å². The van der Waals surface area contributed by atoms with E-state index in [0.29, 0.717) is 29.9 Å². The second-order valence-corrected chi connectivity index (χ2v) is 6.47. The molecule has 1 aliphatic rings. The molecule has 3 rings (SSSR count). The molecule has 0 saturated carbocycles. The quantitative estimate of drug-likeness (QED) is 0.920. The van der Waals surface area contributed by atoms with Crippen molar-refractivity contribution < 1.29 is 9.90 Å². The average Bonchev–Trinajstić information content (AvgIpc) is 2.61. The molecule has 6 heteroatoms. The lowest BCUT2D eigenvalue weighted by Crippen LogP contribution is -2.49. The molecule has 2 aromatic rings. The van der Waals surface area contributed by atoms with Crippen LogP contribution in [0.4, 0.5) is 0 Å². The highest BCUT2D eigenvalue weighted by Crippen LogP contribution is 2.23. The van der Waals surface area contributed by atoms with Crippen LogP contribution in [-0.2, 0) is 11.3 Å². The number of amides is 1. The summed E-state index contributed by atoms with van der Waals surface area (Å²) in [5.41, 5.74) is 0.536. The van der Waals surface area contributed by atoms with Crippen molar-refractivity contribution in [2.24, 2.45) is 5.92 Å². The van der Waals surface area contributed by atoms with Gasteiger partial charge in [0.2, 0.25) is 5.91 Å². The van der Waals surface area contributed by atoms with Gasteiger partial charge in [-0.2, -0.15) is 0 Å². The molecule has 24 heavy (non-hydrogen) atoms. The minimum atomic E-state index is -0.126. The molecule has 1 amide bonds. The molecule has 0 bridgehead atoms. The average molecular weight is 329 g/mol. The van der Waals surface area contributed by atoms with Crippen LogP contribution in [0.25, 0.3) is 10.9 Å². The number of rotatable bonds is 4. The van der Waals surface area contributed by atoms with Gasteiger partial charge in [-0.15, -0.1) is 0 Å². The van der Waals surface area contributed by atoms with Crippen molar-refractivity contribution in [3.05, 3.63) is 40.9 Å². The third-order valence-corrected chi connectivity index (χ3v) is 4.92. The van der Waals surface area contributed by atoms with Gasteiger partial charge in [0.15, 0.2) is 0 Å². The summed E-state index contributed by atoms with van der Waals surface area (Å²) in [7, 11) is 0. The molecule has 1 aromatic carbocycles. The van der Waals surface area contributed by atoms with Gasteiger partial charge in [0.1, 0.15) is 0 Å². The summed E-state index contributed by atoms with van der Waals surface area (Å²) in [5.74, 6) is 0.290. The zero-order chi connectivity index (χ0) is 17.1. The smallest absolute Gasteiger partial charge is 0.261 e. The van der Waals surface area contributed by atoms with Gasteiger partial charge in [-0.3, -0.25) is 14.2 Å². The van der Waals surface area contributed by atoms with E-state index >= 15 is 0 Å². The van der Waals surface area contributed by atoms with E-state index in [4.69, 9.17) is 0 Å². The summed E-state index contributed by atoms with van der Waals surface area (Å²) in [6.45, 7) is 3.04. The van der Waals surface area contributed by atoms with Gasteiger partial charge >= 0.3 is 0 Å². The Morgan fingerprint density at radius 1 is 1.38 bits per heavy atom. The Morgan fingerprint density at radius 3 is 2.96 bits per heavy atom. The summed E-state index contributed by atoms with van der Waals surface area (Å²) in [4.78, 5) is 31.0. The van der Waals surface area contributed by atoms with Gasteiger partial charge in [-0.1, -0.05) is 19.1 Å². The van der Waals surface area contributed by atoms with Crippen LogP contribution < -0.4 is 5.56 Å². The van der Waals surface area contributed by atoms with Crippen LogP contribution in [0.2, 0.25) is 0 Å². The number of benzene rings is 1. The lowest BCUT2D eigenvalue weighted by Gasteiger charge is -2.39. The number of hydrogen-bond donors (Lipinski definition) is 1. The van der Waals surface area contributed by atoms with E-state index in [-0.39, 0.29) is 30.5 Å². The molecule has 0 radical (unpaired) electrons. The van der Waals surface area contributed by atoms with E-state index in [1.54, 1.807) is 17.0 Å². The van der Waals surface area contributed by atoms with E-state index in [2.05, 4.69) is 11.9 Å². The molecule has 0 spiro atoms. The van der Waals surface area contributed by atoms with Crippen LogP contribution in [0.5, 0.6) is 0 Å². The second kappa shape index (κ2) is 7.13. The Balaban J connectivity index is 1.72. The Kier molecular flexibility index (Phi) is 4.94. The molecule has 6 nitrogen and oxygen atoms in total. The van der Waals surface area contributed by atoms with Crippen LogP contribution in [0.3, 0.4) is 0 Å². The maximum atomic E-state index is 12.5. The SMILES string of the molecule is CC1CCCN(C(=O)CCn2cnc3ccccc3c2=O)C1CO. The maximum Gasteiger partial charge on any atom is 0.261 e. The first-order chi connectivity index (χ1) is 11.6. The number of fused-ring (bicyclic) bond motifs is 1. The number of hydrogen-bond acceptors (Lipinski definition) is 4. The molecule has 1 aliphatic heterocycles. The Morgan fingerprint density at radius 2 is 2.17 bits per heavy atom. The maximum absolute atomic E-state index is 12.5. The van der Waals surface area contributed by atoms with E-state index in [0.717, 1.165) is 12.8 Å². The first kappa shape index (κ1) is 16.6. The third-order valence-electron chi connectivity index (χ3n) is 4.92. The molecular formula is C18H23N3O3. The minimum absolute atomic E-state index is 0.00954. The van der Waals surface area contributed by atoms with Crippen molar-refractivity contribution in [1.82, 2.24) is 14.5 Å². The third kappa shape index (κ3) is 3.19. The van der Waals surface area contributed by atoms with Crippen LogP contribution in [0.1, 0.15) is 26.2 Å². The fourth-order valence-electron chi connectivity index (χ4n) is 3.46. The largest absolute Gasteiger partial charge is 0.394 e. The van der Waals surface area contributed by atoms with Crippen LogP contribution in [0.15, 0.2) is 35.4 Å². The number of aliphatic hydroxyl groups is 1. The van der Waals surface area contributed by atoms with Crippen molar-refractivity contribution >= 4 is 16.8 Å². The van der Waals surface area contributed by atoms with Gasteiger partial charge in [-0.25, -0.2) is 4.98 Å². The zero-order valence-electron chi connectivity index (χ0n) is 13.9. The van der Waals surface area contributed by atoms with E-state index in [9.17, 15) is 14.7 Å². The number of piperidine rings is 1. The molecule has 1 fully saturated rings. The van der Waals surface area contributed by atoms with Gasteiger partial charge < -0.3 is 10.0 Å². The summed E-state index contributed by atoms with van der Waals surface area (Å²) in [5, 5.41) is 10.1. The standard InChI is InChI=1S/C18H23N3O3/c1-13-5-4-9-21(16(13)11-22)17(23)8-10-20-12-19-15-7-3-2-6-14(15)18(20)24/h2-3,6-7,12-13,16,22H,4-5,8-11H2,1H3. The lowest BCUT2D eigenvalue weighted by atomic mass is 9.91. The summed E-state index contributed by atoms with van der Waals surface area (Å²) in [6.07, 6.45) is 3.73. The lowest BCUT2D eigenvalue weighted by molar-refractivity contribution is -0.137. The topological polar surface area (TPSA) is 75.4 Å². The van der Waals surface area contributed by atoms with Crippen LogP contribution >= 0.6 is 0 Å². The molecule has 0 aliphatic carbocycles. The fourth-order valence-corrected chi connectivity index (χ4v) is 3.46. The van der Waals surface area contributed by atoms with Gasteiger partial charge in [-0.05, 0) is 30.9 Å². The second-order valence-electron chi connectivity index (χ2n) is 6.47. The molecule has 2 unspecified atom stereocenters. The number of carbonyl (C=O) groups is 1. The first-order valence-electron chi connectivity index (χ1n) is 8.46. The highest BCUT2D eigenvalue weighted by atomic mass is 16.3. The van der Waals surface area contributed by atoms with E-state index in [1.165, 1.54) is 10.9 Å². The molecule has 2 heterocycles. The summed E-state index contributed by atoms with van der Waals surface area (Å²) < 4.78 is 1.49. The van der Waals surface area contributed by atoms with Crippen molar-refractivity contribution in [1.29, 1.82) is 0 Å². The van der Waals surface area contributed by atoms with Gasteiger partial charge in [0.25, 0.3) is 5.56 Å². The minimum Gasteiger partial charge on any atom is -0.394 e. The number of carbonyl (C=O) groups excluding carboxylic acids is 1. The molecular weight excluding hydrogens is 306 g/mol. The predicted molar refractivity (Wildman–Crippen MR) is 91.6 cm³/mol. The highest BCUT2D eigenvalue weighted by Gasteiger charge is 2.30. The Labute approximate surface area is 140 Å². The molecule has 128 valence electrons. The van der Waals surface area contributed by atoms with Crippen molar-refractivity contribution in [2.45, 2.75) is 38.8 Å². The van der Waals surface area contributed by atoms with Crippen LogP contribution in [-0.4, -0.2) is 44.7 Å². The van der Waals surface area contributed by atoms with E-state index < -0.39 is 0 Å². The normalized spacial score (nSPS) is 21.2. The predicted octanol–water partition coefficient (Wildman–Crippen LogP) is 1.41. The number of likely N-dealkylation sites (tertiary alicyclic amines) is 1. The first-order valence-corrected chi connectivity index (χ1v) is 8.46. The zero-order valence-corrected chi connectivity index (χ0v) is 13.9. The van der Waals surface area contributed by atoms with Crippen molar-refractivity contribution in [3.63, 3.8) is 0 Å².